The minimum atomic E-state index is -0.985. The maximum atomic E-state index is 10.9. The highest BCUT2D eigenvalue weighted by Gasteiger charge is 2.11. The van der Waals surface area contributed by atoms with Gasteiger partial charge in [-0.05, 0) is 23.3 Å². The highest BCUT2D eigenvalue weighted by atomic mass is 16.5. The zero-order valence-corrected chi connectivity index (χ0v) is 9.38. The van der Waals surface area contributed by atoms with Crippen LogP contribution >= 0.6 is 0 Å². The second-order valence-corrected chi connectivity index (χ2v) is 3.59. The summed E-state index contributed by atoms with van der Waals surface area (Å²) in [6.07, 6.45) is 0. The van der Waals surface area contributed by atoms with Crippen LogP contribution in [0.3, 0.4) is 0 Å². The molecule has 17 heavy (non-hydrogen) atoms. The average Bonchev–Trinajstić information content (AvgIpc) is 2.39. The molecule has 0 unspecified atom stereocenters. The molecule has 0 bridgehead atoms. The van der Waals surface area contributed by atoms with Gasteiger partial charge < -0.3 is 9.84 Å². The third-order valence-electron chi connectivity index (χ3n) is 2.54. The van der Waals surface area contributed by atoms with E-state index in [0.29, 0.717) is 5.75 Å². The molecular formula is C14H12O3. The van der Waals surface area contributed by atoms with E-state index in [4.69, 9.17) is 9.84 Å². The van der Waals surface area contributed by atoms with Gasteiger partial charge in [-0.15, -0.1) is 0 Å². The molecule has 0 aliphatic heterocycles. The van der Waals surface area contributed by atoms with Crippen LogP contribution in [0.1, 0.15) is 10.4 Å². The van der Waals surface area contributed by atoms with Crippen molar-refractivity contribution in [1.29, 1.82) is 0 Å². The Morgan fingerprint density at radius 1 is 1.06 bits per heavy atom. The van der Waals surface area contributed by atoms with Crippen molar-refractivity contribution in [3.63, 3.8) is 0 Å². The van der Waals surface area contributed by atoms with Crippen molar-refractivity contribution in [1.82, 2.24) is 0 Å². The third-order valence-corrected chi connectivity index (χ3v) is 2.54. The maximum Gasteiger partial charge on any atom is 0.339 e. The van der Waals surface area contributed by atoms with Gasteiger partial charge in [0.15, 0.2) is 0 Å². The number of carboxylic acid groups (broad SMARTS) is 1. The molecule has 2 rings (SSSR count). The minimum Gasteiger partial charge on any atom is -0.496 e. The molecular weight excluding hydrogens is 216 g/mol. The van der Waals surface area contributed by atoms with Crippen molar-refractivity contribution < 1.29 is 14.6 Å². The Balaban J connectivity index is 2.49. The first-order chi connectivity index (χ1) is 8.22. The molecule has 1 N–H and O–H groups in total. The van der Waals surface area contributed by atoms with Crippen molar-refractivity contribution >= 4 is 5.97 Å². The highest BCUT2D eigenvalue weighted by Crippen LogP contribution is 2.27. The Morgan fingerprint density at radius 3 is 2.35 bits per heavy atom. The summed E-state index contributed by atoms with van der Waals surface area (Å²) in [7, 11) is 1.47. The first-order valence-corrected chi connectivity index (χ1v) is 5.19. The number of hydrogen-bond acceptors (Lipinski definition) is 2. The van der Waals surface area contributed by atoms with Crippen LogP contribution < -0.4 is 4.74 Å². The standard InChI is InChI=1S/C14H12O3/c1-17-13-9-11(7-8-12(13)14(15)16)10-5-3-2-4-6-10/h2-9H,1H3,(H,15,16). The average molecular weight is 228 g/mol. The van der Waals surface area contributed by atoms with Crippen molar-refractivity contribution in [2.75, 3.05) is 7.11 Å². The Hall–Kier alpha value is -2.29. The summed E-state index contributed by atoms with van der Waals surface area (Å²) in [5.74, 6) is -0.611. The molecule has 0 amide bonds. The second kappa shape index (κ2) is 4.70. The quantitative estimate of drug-likeness (QED) is 0.878. The highest BCUT2D eigenvalue weighted by molar-refractivity contribution is 5.92. The Morgan fingerprint density at radius 2 is 1.76 bits per heavy atom. The number of aromatic carboxylic acids is 1. The fourth-order valence-corrected chi connectivity index (χ4v) is 1.68. The van der Waals surface area contributed by atoms with E-state index in [0.717, 1.165) is 11.1 Å². The van der Waals surface area contributed by atoms with E-state index in [1.807, 2.05) is 30.3 Å². The lowest BCUT2D eigenvalue weighted by Gasteiger charge is -2.07. The largest absolute Gasteiger partial charge is 0.496 e. The molecule has 0 saturated carbocycles. The fraction of sp³-hybridized carbons (Fsp3) is 0.0714. The zero-order valence-electron chi connectivity index (χ0n) is 9.38. The number of carbonyl (C=O) groups is 1. The van der Waals surface area contributed by atoms with Crippen molar-refractivity contribution in [3.05, 3.63) is 54.1 Å². The molecule has 2 aromatic carbocycles. The van der Waals surface area contributed by atoms with Gasteiger partial charge in [0.1, 0.15) is 11.3 Å². The molecule has 0 aliphatic carbocycles. The van der Waals surface area contributed by atoms with Gasteiger partial charge in [-0.2, -0.15) is 0 Å². The second-order valence-electron chi connectivity index (χ2n) is 3.59. The lowest BCUT2D eigenvalue weighted by atomic mass is 10.0. The van der Waals surface area contributed by atoms with Crippen molar-refractivity contribution in [3.8, 4) is 16.9 Å². The summed E-state index contributed by atoms with van der Waals surface area (Å²) >= 11 is 0. The Bertz CT molecular complexity index is 532. The molecule has 0 atom stereocenters. The predicted octanol–water partition coefficient (Wildman–Crippen LogP) is 3.06. The first kappa shape index (κ1) is 11.2. The predicted molar refractivity (Wildman–Crippen MR) is 65.4 cm³/mol. The topological polar surface area (TPSA) is 46.5 Å². The molecule has 86 valence electrons. The van der Waals surface area contributed by atoms with Crippen LogP contribution in [-0.2, 0) is 0 Å². The summed E-state index contributed by atoms with van der Waals surface area (Å²) in [5, 5.41) is 8.98. The number of hydrogen-bond donors (Lipinski definition) is 1. The molecule has 0 aromatic heterocycles. The normalized spacial score (nSPS) is 9.94. The van der Waals surface area contributed by atoms with Gasteiger partial charge >= 0.3 is 5.97 Å². The summed E-state index contributed by atoms with van der Waals surface area (Å²) in [6, 6.07) is 14.8. The van der Waals surface area contributed by atoms with E-state index in [1.165, 1.54) is 7.11 Å². The first-order valence-electron chi connectivity index (χ1n) is 5.19. The monoisotopic (exact) mass is 228 g/mol. The van der Waals surface area contributed by atoms with Crippen LogP contribution in [0.5, 0.6) is 5.75 Å². The lowest BCUT2D eigenvalue weighted by molar-refractivity contribution is 0.0693. The Labute approximate surface area is 99.3 Å². The van der Waals surface area contributed by atoms with Gasteiger partial charge in [-0.25, -0.2) is 4.79 Å². The van der Waals surface area contributed by atoms with E-state index in [2.05, 4.69) is 0 Å². The summed E-state index contributed by atoms with van der Waals surface area (Å²) in [6.45, 7) is 0. The van der Waals surface area contributed by atoms with E-state index in [9.17, 15) is 4.79 Å². The van der Waals surface area contributed by atoms with E-state index >= 15 is 0 Å². The van der Waals surface area contributed by atoms with Crippen LogP contribution in [-0.4, -0.2) is 18.2 Å². The number of carboxylic acids is 1. The van der Waals surface area contributed by atoms with E-state index in [1.54, 1.807) is 18.2 Å². The molecule has 0 aliphatic rings. The van der Waals surface area contributed by atoms with Gasteiger partial charge in [0.2, 0.25) is 0 Å². The molecule has 0 heterocycles. The van der Waals surface area contributed by atoms with Crippen LogP contribution in [0, 0.1) is 0 Å². The molecule has 0 saturated heterocycles. The van der Waals surface area contributed by atoms with Crippen LogP contribution in [0.15, 0.2) is 48.5 Å². The van der Waals surface area contributed by atoms with E-state index in [-0.39, 0.29) is 5.56 Å². The Kier molecular flexibility index (Phi) is 3.10. The van der Waals surface area contributed by atoms with Gasteiger partial charge in [0.25, 0.3) is 0 Å². The third kappa shape index (κ3) is 2.28. The molecule has 3 heteroatoms. The van der Waals surface area contributed by atoms with Gasteiger partial charge in [0.05, 0.1) is 7.11 Å². The van der Waals surface area contributed by atoms with Crippen LogP contribution in [0.25, 0.3) is 11.1 Å². The number of methoxy groups -OCH3 is 1. The minimum absolute atomic E-state index is 0.173. The molecule has 0 radical (unpaired) electrons. The fourth-order valence-electron chi connectivity index (χ4n) is 1.68. The number of ether oxygens (including phenoxy) is 1. The molecule has 0 fully saturated rings. The molecule has 3 nitrogen and oxygen atoms in total. The number of benzene rings is 2. The maximum absolute atomic E-state index is 10.9. The molecule has 2 aromatic rings. The van der Waals surface area contributed by atoms with Gasteiger partial charge in [0, 0.05) is 0 Å². The molecule has 0 spiro atoms. The number of rotatable bonds is 3. The van der Waals surface area contributed by atoms with Crippen LogP contribution in [0.2, 0.25) is 0 Å². The van der Waals surface area contributed by atoms with Crippen LogP contribution in [0.4, 0.5) is 0 Å². The smallest absolute Gasteiger partial charge is 0.339 e. The summed E-state index contributed by atoms with van der Waals surface area (Å²) in [5.41, 5.74) is 2.14. The van der Waals surface area contributed by atoms with Gasteiger partial charge in [-0.1, -0.05) is 36.4 Å². The van der Waals surface area contributed by atoms with E-state index < -0.39 is 5.97 Å². The lowest BCUT2D eigenvalue weighted by Crippen LogP contribution is -2.00. The van der Waals surface area contributed by atoms with Crippen molar-refractivity contribution in [2.24, 2.45) is 0 Å². The summed E-state index contributed by atoms with van der Waals surface area (Å²) < 4.78 is 5.09. The van der Waals surface area contributed by atoms with Gasteiger partial charge in [-0.3, -0.25) is 0 Å². The summed E-state index contributed by atoms with van der Waals surface area (Å²) in [4.78, 5) is 10.9. The van der Waals surface area contributed by atoms with Crippen molar-refractivity contribution in [2.45, 2.75) is 0 Å². The zero-order chi connectivity index (χ0) is 12.3. The SMILES string of the molecule is COc1cc(-c2ccccc2)ccc1C(=O)O.